The van der Waals surface area contributed by atoms with Gasteiger partial charge in [0, 0.05) is 49.1 Å². The van der Waals surface area contributed by atoms with Crippen LogP contribution >= 0.6 is 22.7 Å². The number of thiophene rings is 1. The van der Waals surface area contributed by atoms with Crippen molar-refractivity contribution in [2.24, 2.45) is 0 Å². The van der Waals surface area contributed by atoms with E-state index in [4.69, 9.17) is 0 Å². The molecule has 0 saturated heterocycles. The average molecular weight is 386 g/mol. The molecule has 1 amide bonds. The molecule has 0 aliphatic heterocycles. The minimum atomic E-state index is -0.0216. The zero-order valence-electron chi connectivity index (χ0n) is 14.2. The van der Waals surface area contributed by atoms with Crippen LogP contribution in [-0.2, 0) is 11.2 Å². The molecule has 0 aliphatic carbocycles. The first-order valence-corrected chi connectivity index (χ1v) is 10.2. The molecule has 3 aromatic rings. The molecule has 0 spiro atoms. The fraction of sp³-hybridized carbons (Fsp3) is 0.263. The number of aromatic nitrogens is 2. The van der Waals surface area contributed by atoms with E-state index in [1.54, 1.807) is 23.7 Å². The summed E-state index contributed by atoms with van der Waals surface area (Å²) in [6, 6.07) is 7.55. The summed E-state index contributed by atoms with van der Waals surface area (Å²) in [7, 11) is 0. The fourth-order valence-corrected chi connectivity index (χ4v) is 3.97. The van der Waals surface area contributed by atoms with Gasteiger partial charge in [0.1, 0.15) is 5.01 Å². The third-order valence-electron chi connectivity index (χ3n) is 3.77. The van der Waals surface area contributed by atoms with Crippen molar-refractivity contribution in [2.45, 2.75) is 25.7 Å². The van der Waals surface area contributed by atoms with E-state index in [0.29, 0.717) is 32.2 Å². The fourth-order valence-electron chi connectivity index (χ4n) is 2.43. The molecule has 3 rings (SSSR count). The second kappa shape index (κ2) is 9.35. The summed E-state index contributed by atoms with van der Waals surface area (Å²) in [5.74, 6) is 0.0879. The number of pyridine rings is 1. The molecule has 1 N–H and O–H groups in total. The van der Waals surface area contributed by atoms with Crippen molar-refractivity contribution in [1.29, 1.82) is 0 Å². The van der Waals surface area contributed by atoms with Gasteiger partial charge in [0.2, 0.25) is 5.91 Å². The number of Topliss-reactive ketones (excluding diaryl/α,β-unsaturated/α-hetero) is 1. The Morgan fingerprint density at radius 3 is 2.81 bits per heavy atom. The van der Waals surface area contributed by atoms with Gasteiger partial charge in [-0.1, -0.05) is 6.07 Å². The lowest BCUT2D eigenvalue weighted by molar-refractivity contribution is -0.121. The van der Waals surface area contributed by atoms with Crippen LogP contribution in [0.5, 0.6) is 0 Å². The number of nitrogens with zero attached hydrogens (tertiary/aromatic N) is 2. The van der Waals surface area contributed by atoms with Crippen LogP contribution in [-0.4, -0.2) is 28.2 Å². The SMILES string of the molecule is O=C(CCCC(=O)c1cccs1)NCCc1csc(-c2cccnc2)n1. The number of carbonyl (C=O) groups excluding carboxylic acids is 2. The summed E-state index contributed by atoms with van der Waals surface area (Å²) < 4.78 is 0. The highest BCUT2D eigenvalue weighted by Crippen LogP contribution is 2.22. The summed E-state index contributed by atoms with van der Waals surface area (Å²) in [6.07, 6.45) is 5.58. The number of amides is 1. The van der Waals surface area contributed by atoms with Crippen molar-refractivity contribution >= 4 is 34.4 Å². The third-order valence-corrected chi connectivity index (χ3v) is 5.62. The van der Waals surface area contributed by atoms with Gasteiger partial charge in [-0.05, 0) is 30.0 Å². The highest BCUT2D eigenvalue weighted by molar-refractivity contribution is 7.13. The summed E-state index contributed by atoms with van der Waals surface area (Å²) in [5.41, 5.74) is 1.96. The van der Waals surface area contributed by atoms with E-state index < -0.39 is 0 Å². The monoisotopic (exact) mass is 385 g/mol. The van der Waals surface area contributed by atoms with Gasteiger partial charge in [-0.15, -0.1) is 22.7 Å². The van der Waals surface area contributed by atoms with Crippen molar-refractivity contribution < 1.29 is 9.59 Å². The van der Waals surface area contributed by atoms with Crippen LogP contribution in [0.2, 0.25) is 0 Å². The van der Waals surface area contributed by atoms with E-state index in [1.165, 1.54) is 11.3 Å². The molecule has 7 heteroatoms. The molecule has 0 saturated carbocycles. The molecule has 0 radical (unpaired) electrons. The smallest absolute Gasteiger partial charge is 0.220 e. The molecule has 26 heavy (non-hydrogen) atoms. The molecule has 0 bridgehead atoms. The molecule has 134 valence electrons. The van der Waals surface area contributed by atoms with Crippen molar-refractivity contribution in [1.82, 2.24) is 15.3 Å². The number of rotatable bonds is 9. The summed E-state index contributed by atoms with van der Waals surface area (Å²) in [5, 5.41) is 7.73. The Morgan fingerprint density at radius 1 is 1.12 bits per heavy atom. The first-order valence-electron chi connectivity index (χ1n) is 8.40. The zero-order valence-corrected chi connectivity index (χ0v) is 15.8. The molecule has 0 aliphatic rings. The van der Waals surface area contributed by atoms with Gasteiger partial charge in [-0.2, -0.15) is 0 Å². The minimum absolute atomic E-state index is 0.0216. The Hall–Kier alpha value is -2.38. The van der Waals surface area contributed by atoms with Crippen molar-refractivity contribution in [3.8, 4) is 10.6 Å². The van der Waals surface area contributed by atoms with Gasteiger partial charge >= 0.3 is 0 Å². The number of carbonyl (C=O) groups is 2. The second-order valence-corrected chi connectivity index (χ2v) is 7.55. The zero-order chi connectivity index (χ0) is 18.2. The van der Waals surface area contributed by atoms with Crippen LogP contribution < -0.4 is 5.32 Å². The van der Waals surface area contributed by atoms with Crippen molar-refractivity contribution in [3.05, 3.63) is 58.0 Å². The first kappa shape index (κ1) is 18.4. The molecule has 0 atom stereocenters. The van der Waals surface area contributed by atoms with Crippen molar-refractivity contribution in [3.63, 3.8) is 0 Å². The maximum Gasteiger partial charge on any atom is 0.220 e. The molecular weight excluding hydrogens is 366 g/mol. The van der Waals surface area contributed by atoms with Crippen LogP contribution in [0.3, 0.4) is 0 Å². The van der Waals surface area contributed by atoms with Crippen LogP contribution in [0.25, 0.3) is 10.6 Å². The highest BCUT2D eigenvalue weighted by Gasteiger charge is 2.09. The largest absolute Gasteiger partial charge is 0.356 e. The summed E-state index contributed by atoms with van der Waals surface area (Å²) >= 11 is 3.02. The minimum Gasteiger partial charge on any atom is -0.356 e. The first-order chi connectivity index (χ1) is 12.7. The average Bonchev–Trinajstić information content (AvgIpc) is 3.34. The predicted molar refractivity (Wildman–Crippen MR) is 105 cm³/mol. The summed E-state index contributed by atoms with van der Waals surface area (Å²) in [6.45, 7) is 0.550. The van der Waals surface area contributed by atoms with Gasteiger partial charge in [-0.3, -0.25) is 14.6 Å². The quantitative estimate of drug-likeness (QED) is 0.566. The Balaban J connectivity index is 1.35. The lowest BCUT2D eigenvalue weighted by atomic mass is 10.1. The molecular formula is C19H19N3O2S2. The van der Waals surface area contributed by atoms with Crippen LogP contribution in [0.4, 0.5) is 0 Å². The number of ketones is 1. The summed E-state index contributed by atoms with van der Waals surface area (Å²) in [4.78, 5) is 33.2. The number of hydrogen-bond donors (Lipinski definition) is 1. The van der Waals surface area contributed by atoms with E-state index >= 15 is 0 Å². The van der Waals surface area contributed by atoms with Gasteiger partial charge in [0.15, 0.2) is 5.78 Å². The van der Waals surface area contributed by atoms with E-state index in [-0.39, 0.29) is 11.7 Å². The van der Waals surface area contributed by atoms with E-state index in [9.17, 15) is 9.59 Å². The number of thiazole rings is 1. The second-order valence-electron chi connectivity index (χ2n) is 5.74. The lowest BCUT2D eigenvalue weighted by Gasteiger charge is -2.03. The molecule has 5 nitrogen and oxygen atoms in total. The van der Waals surface area contributed by atoms with E-state index in [1.807, 2.05) is 35.0 Å². The maximum atomic E-state index is 11.9. The van der Waals surface area contributed by atoms with Gasteiger partial charge in [0.25, 0.3) is 0 Å². The molecule has 3 heterocycles. The molecule has 0 fully saturated rings. The van der Waals surface area contributed by atoms with Crippen LogP contribution in [0.15, 0.2) is 47.4 Å². The van der Waals surface area contributed by atoms with E-state index in [2.05, 4.69) is 15.3 Å². The maximum absolute atomic E-state index is 11.9. The Labute approximate surface area is 160 Å². The van der Waals surface area contributed by atoms with Gasteiger partial charge in [-0.25, -0.2) is 4.98 Å². The molecule has 3 aromatic heterocycles. The normalized spacial score (nSPS) is 10.6. The van der Waals surface area contributed by atoms with Crippen LogP contribution in [0, 0.1) is 0 Å². The Morgan fingerprint density at radius 2 is 2.04 bits per heavy atom. The number of hydrogen-bond acceptors (Lipinski definition) is 6. The van der Waals surface area contributed by atoms with Gasteiger partial charge in [0.05, 0.1) is 10.6 Å². The third kappa shape index (κ3) is 5.31. The number of nitrogens with one attached hydrogen (secondary N) is 1. The highest BCUT2D eigenvalue weighted by atomic mass is 32.1. The van der Waals surface area contributed by atoms with E-state index in [0.717, 1.165) is 21.1 Å². The topological polar surface area (TPSA) is 72.0 Å². The van der Waals surface area contributed by atoms with Crippen LogP contribution in [0.1, 0.15) is 34.6 Å². The van der Waals surface area contributed by atoms with Crippen molar-refractivity contribution in [2.75, 3.05) is 6.54 Å². The predicted octanol–water partition coefficient (Wildman–Crippen LogP) is 3.98. The molecule has 0 aromatic carbocycles. The Kier molecular flexibility index (Phi) is 6.62. The standard InChI is InChI=1S/C19H19N3O2S2/c23-16(17-6-3-11-25-17)5-1-7-18(24)21-10-8-15-13-26-19(22-15)14-4-2-9-20-12-14/h2-4,6,9,11-13H,1,5,7-8,10H2,(H,21,24). The lowest BCUT2D eigenvalue weighted by Crippen LogP contribution is -2.25. The molecule has 0 unspecified atom stereocenters. The van der Waals surface area contributed by atoms with Gasteiger partial charge < -0.3 is 5.32 Å². The Bertz CT molecular complexity index is 845.